The molecule has 0 spiro atoms. The van der Waals surface area contributed by atoms with E-state index < -0.39 is 11.4 Å². The summed E-state index contributed by atoms with van der Waals surface area (Å²) in [6.45, 7) is 1.83. The highest BCUT2D eigenvalue weighted by Gasteiger charge is 2.52. The van der Waals surface area contributed by atoms with Crippen molar-refractivity contribution in [2.75, 3.05) is 26.7 Å². The summed E-state index contributed by atoms with van der Waals surface area (Å²) >= 11 is 0. The Labute approximate surface area is 123 Å². The lowest BCUT2D eigenvalue weighted by Crippen LogP contribution is -2.63. The van der Waals surface area contributed by atoms with Gasteiger partial charge < -0.3 is 19.3 Å². The number of amides is 1. The van der Waals surface area contributed by atoms with Crippen molar-refractivity contribution in [3.05, 3.63) is 24.2 Å². The minimum absolute atomic E-state index is 0.0817. The number of hydrogen-bond acceptors (Lipinski definition) is 4. The number of likely N-dealkylation sites (tertiary alicyclic amines) is 2. The van der Waals surface area contributed by atoms with Crippen LogP contribution in [0.3, 0.4) is 0 Å². The van der Waals surface area contributed by atoms with Crippen LogP contribution in [0, 0.1) is 5.41 Å². The van der Waals surface area contributed by atoms with E-state index >= 15 is 0 Å². The molecule has 0 bridgehead atoms. The first kappa shape index (κ1) is 14.1. The van der Waals surface area contributed by atoms with Crippen molar-refractivity contribution in [2.45, 2.75) is 25.3 Å². The van der Waals surface area contributed by atoms with Gasteiger partial charge in [0.05, 0.1) is 17.2 Å². The third-order valence-corrected chi connectivity index (χ3v) is 5.01. The molecule has 0 aromatic carbocycles. The average molecular weight is 292 g/mol. The van der Waals surface area contributed by atoms with Crippen LogP contribution in [-0.2, 0) is 4.79 Å². The molecule has 114 valence electrons. The van der Waals surface area contributed by atoms with Crippen LogP contribution in [0.15, 0.2) is 23.0 Å². The Bertz CT molecular complexity index is 542. The predicted molar refractivity (Wildman–Crippen MR) is 74.9 cm³/mol. The zero-order valence-electron chi connectivity index (χ0n) is 12.1. The van der Waals surface area contributed by atoms with E-state index in [1.54, 1.807) is 11.0 Å². The van der Waals surface area contributed by atoms with Crippen LogP contribution in [0.2, 0.25) is 0 Å². The Morgan fingerprint density at radius 3 is 2.86 bits per heavy atom. The second kappa shape index (κ2) is 5.18. The van der Waals surface area contributed by atoms with E-state index in [9.17, 15) is 14.7 Å². The lowest BCUT2D eigenvalue weighted by Gasteiger charge is -2.51. The molecule has 6 nitrogen and oxygen atoms in total. The minimum atomic E-state index is -0.727. The zero-order chi connectivity index (χ0) is 15.0. The molecule has 0 unspecified atom stereocenters. The van der Waals surface area contributed by atoms with Gasteiger partial charge in [-0.05, 0) is 38.9 Å². The normalized spacial score (nSPS) is 30.0. The third-order valence-electron chi connectivity index (χ3n) is 5.01. The van der Waals surface area contributed by atoms with Crippen molar-refractivity contribution in [2.24, 2.45) is 5.41 Å². The Morgan fingerprint density at radius 1 is 1.38 bits per heavy atom. The minimum Gasteiger partial charge on any atom is -0.481 e. The van der Waals surface area contributed by atoms with Crippen molar-refractivity contribution in [3.63, 3.8) is 0 Å². The van der Waals surface area contributed by atoms with Crippen molar-refractivity contribution in [3.8, 4) is 0 Å². The summed E-state index contributed by atoms with van der Waals surface area (Å²) in [7, 11) is 1.95. The highest BCUT2D eigenvalue weighted by molar-refractivity contribution is 5.94. The zero-order valence-corrected chi connectivity index (χ0v) is 12.1. The second-order valence-electron chi connectivity index (χ2n) is 6.07. The summed E-state index contributed by atoms with van der Waals surface area (Å²) < 4.78 is 4.96. The van der Waals surface area contributed by atoms with Gasteiger partial charge in [-0.3, -0.25) is 9.59 Å². The molecule has 0 aliphatic carbocycles. The Kier molecular flexibility index (Phi) is 3.49. The number of hydrogen-bond donors (Lipinski definition) is 1. The fourth-order valence-electron chi connectivity index (χ4n) is 3.74. The van der Waals surface area contributed by atoms with E-state index in [1.165, 1.54) is 12.5 Å². The molecular weight excluding hydrogens is 272 g/mol. The molecule has 21 heavy (non-hydrogen) atoms. The molecule has 6 heteroatoms. The summed E-state index contributed by atoms with van der Waals surface area (Å²) in [5, 5.41) is 9.71. The smallest absolute Gasteiger partial charge is 0.311 e. The van der Waals surface area contributed by atoms with Crippen LogP contribution in [-0.4, -0.2) is 59.5 Å². The van der Waals surface area contributed by atoms with Crippen LogP contribution in [0.25, 0.3) is 0 Å². The molecule has 2 aliphatic rings. The first-order valence-electron chi connectivity index (χ1n) is 7.30. The molecule has 1 amide bonds. The number of furan rings is 1. The number of carbonyl (C=O) groups excluding carboxylic acids is 1. The van der Waals surface area contributed by atoms with Crippen molar-refractivity contribution >= 4 is 11.9 Å². The number of piperidine rings is 2. The van der Waals surface area contributed by atoms with Gasteiger partial charge in [0.1, 0.15) is 6.26 Å². The van der Waals surface area contributed by atoms with Gasteiger partial charge in [0, 0.05) is 19.1 Å². The van der Waals surface area contributed by atoms with Crippen molar-refractivity contribution in [1.29, 1.82) is 0 Å². The Morgan fingerprint density at radius 2 is 2.19 bits per heavy atom. The standard InChI is InChI=1S/C15H20N2O4/c1-16-6-2-4-15(14(19)20)5-7-17(9-12(15)16)13(18)11-3-8-21-10-11/h3,8,10,12H,2,4-7,9H2,1H3,(H,19,20)/t12-,15+/m1/s1. The van der Waals surface area contributed by atoms with Gasteiger partial charge in [-0.2, -0.15) is 0 Å². The molecule has 2 aliphatic heterocycles. The molecule has 0 radical (unpaired) electrons. The first-order chi connectivity index (χ1) is 10.0. The fourth-order valence-corrected chi connectivity index (χ4v) is 3.74. The lowest BCUT2D eigenvalue weighted by molar-refractivity contribution is -0.161. The fraction of sp³-hybridized carbons (Fsp3) is 0.600. The van der Waals surface area contributed by atoms with Crippen molar-refractivity contribution in [1.82, 2.24) is 9.80 Å². The molecule has 3 heterocycles. The van der Waals surface area contributed by atoms with Gasteiger partial charge in [0.15, 0.2) is 0 Å². The number of carboxylic acid groups (broad SMARTS) is 1. The second-order valence-corrected chi connectivity index (χ2v) is 6.07. The topological polar surface area (TPSA) is 74.0 Å². The summed E-state index contributed by atoms with van der Waals surface area (Å²) in [5.41, 5.74) is -0.184. The third kappa shape index (κ3) is 2.23. The summed E-state index contributed by atoms with van der Waals surface area (Å²) in [4.78, 5) is 28.1. The maximum atomic E-state index is 12.4. The molecule has 2 fully saturated rings. The van der Waals surface area contributed by atoms with E-state index in [2.05, 4.69) is 4.90 Å². The average Bonchev–Trinajstić information content (AvgIpc) is 3.00. The van der Waals surface area contributed by atoms with E-state index in [1.807, 2.05) is 7.05 Å². The van der Waals surface area contributed by atoms with E-state index in [4.69, 9.17) is 4.42 Å². The summed E-state index contributed by atoms with van der Waals surface area (Å²) in [6.07, 6.45) is 5.03. The predicted octanol–water partition coefficient (Wildman–Crippen LogP) is 1.29. The number of likely N-dealkylation sites (N-methyl/N-ethyl adjacent to an activating group) is 1. The number of nitrogens with zero attached hydrogens (tertiary/aromatic N) is 2. The van der Waals surface area contributed by atoms with Crippen molar-refractivity contribution < 1.29 is 19.1 Å². The number of rotatable bonds is 2. The van der Waals surface area contributed by atoms with Gasteiger partial charge in [-0.15, -0.1) is 0 Å². The van der Waals surface area contributed by atoms with Crippen LogP contribution in [0.5, 0.6) is 0 Å². The number of aliphatic carboxylic acids is 1. The number of carbonyl (C=O) groups is 2. The molecule has 0 saturated carbocycles. The highest BCUT2D eigenvalue weighted by Crippen LogP contribution is 2.42. The molecule has 2 atom stereocenters. The van der Waals surface area contributed by atoms with Gasteiger partial charge in [0.2, 0.25) is 0 Å². The Balaban J connectivity index is 1.82. The van der Waals surface area contributed by atoms with Crippen LogP contribution in [0.4, 0.5) is 0 Å². The molecule has 1 N–H and O–H groups in total. The quantitative estimate of drug-likeness (QED) is 0.889. The maximum absolute atomic E-state index is 12.4. The van der Waals surface area contributed by atoms with Gasteiger partial charge in [0.25, 0.3) is 5.91 Å². The van der Waals surface area contributed by atoms with Crippen LogP contribution < -0.4 is 0 Å². The van der Waals surface area contributed by atoms with E-state index in [0.29, 0.717) is 31.5 Å². The summed E-state index contributed by atoms with van der Waals surface area (Å²) in [5.74, 6) is -0.809. The first-order valence-corrected chi connectivity index (χ1v) is 7.30. The van der Waals surface area contributed by atoms with E-state index in [-0.39, 0.29) is 11.9 Å². The van der Waals surface area contributed by atoms with Crippen LogP contribution >= 0.6 is 0 Å². The van der Waals surface area contributed by atoms with E-state index in [0.717, 1.165) is 13.0 Å². The molecule has 1 aromatic rings. The Hall–Kier alpha value is -1.82. The number of carboxylic acids is 1. The largest absolute Gasteiger partial charge is 0.481 e. The molecule has 2 saturated heterocycles. The molecular formula is C15H20N2O4. The highest BCUT2D eigenvalue weighted by atomic mass is 16.4. The lowest BCUT2D eigenvalue weighted by atomic mass is 9.68. The van der Waals surface area contributed by atoms with Gasteiger partial charge in [-0.1, -0.05) is 0 Å². The SMILES string of the molecule is CN1CCC[C@]2(C(=O)O)CCN(C(=O)c3ccoc3)C[C@@H]12. The summed E-state index contributed by atoms with van der Waals surface area (Å²) in [6, 6.07) is 1.53. The van der Waals surface area contributed by atoms with Gasteiger partial charge >= 0.3 is 5.97 Å². The maximum Gasteiger partial charge on any atom is 0.311 e. The number of fused-ring (bicyclic) bond motifs is 1. The van der Waals surface area contributed by atoms with Gasteiger partial charge in [-0.25, -0.2) is 0 Å². The molecule has 3 rings (SSSR count). The molecule has 1 aromatic heterocycles. The van der Waals surface area contributed by atoms with Crippen LogP contribution in [0.1, 0.15) is 29.6 Å². The monoisotopic (exact) mass is 292 g/mol.